The van der Waals surface area contributed by atoms with Gasteiger partial charge in [0.2, 0.25) is 5.91 Å². The number of hydrogen-bond acceptors (Lipinski definition) is 5. The summed E-state index contributed by atoms with van der Waals surface area (Å²) in [5, 5.41) is 5.85. The normalized spacial score (nSPS) is 14.9. The van der Waals surface area contributed by atoms with E-state index in [1.54, 1.807) is 0 Å². The molecule has 0 saturated carbocycles. The molecule has 3 heterocycles. The molecule has 1 aliphatic rings. The Morgan fingerprint density at radius 3 is 2.47 bits per heavy atom. The van der Waals surface area contributed by atoms with Gasteiger partial charge in [-0.1, -0.05) is 38.5 Å². The largest absolute Gasteiger partial charge is 0.354 e. The van der Waals surface area contributed by atoms with Crippen molar-refractivity contribution in [3.8, 4) is 5.69 Å². The highest BCUT2D eigenvalue weighted by molar-refractivity contribution is 5.91. The van der Waals surface area contributed by atoms with Crippen LogP contribution in [0.2, 0.25) is 0 Å². The molecule has 7 heteroatoms. The summed E-state index contributed by atoms with van der Waals surface area (Å²) in [4.78, 5) is 26.8. The maximum Gasteiger partial charge on any atom is 0.222 e. The Morgan fingerprint density at radius 1 is 1.03 bits per heavy atom. The molecule has 1 amide bonds. The maximum atomic E-state index is 12.6. The molecule has 0 N–H and O–H groups in total. The van der Waals surface area contributed by atoms with E-state index in [0.29, 0.717) is 12.3 Å². The summed E-state index contributed by atoms with van der Waals surface area (Å²) in [7, 11) is 0. The van der Waals surface area contributed by atoms with Crippen molar-refractivity contribution in [1.29, 1.82) is 0 Å². The van der Waals surface area contributed by atoms with Crippen molar-refractivity contribution in [3.05, 3.63) is 41.3 Å². The van der Waals surface area contributed by atoms with Crippen molar-refractivity contribution in [2.75, 3.05) is 31.1 Å². The zero-order valence-corrected chi connectivity index (χ0v) is 19.9. The van der Waals surface area contributed by atoms with E-state index >= 15 is 0 Å². The summed E-state index contributed by atoms with van der Waals surface area (Å²) in [6.07, 6.45) is 2.30. The van der Waals surface area contributed by atoms with E-state index in [4.69, 9.17) is 15.1 Å². The molecule has 1 fully saturated rings. The predicted molar refractivity (Wildman–Crippen MR) is 128 cm³/mol. The van der Waals surface area contributed by atoms with Crippen molar-refractivity contribution in [3.63, 3.8) is 0 Å². The van der Waals surface area contributed by atoms with E-state index in [1.807, 2.05) is 16.5 Å². The number of anilines is 1. The van der Waals surface area contributed by atoms with Gasteiger partial charge in [0.05, 0.1) is 16.8 Å². The molecule has 0 atom stereocenters. The Balaban J connectivity index is 1.71. The van der Waals surface area contributed by atoms with Crippen LogP contribution in [0.25, 0.3) is 16.7 Å². The number of nitrogens with zero attached hydrogens (tertiary/aromatic N) is 6. The molecular formula is C25H34N6O. The van der Waals surface area contributed by atoms with Crippen molar-refractivity contribution in [2.24, 2.45) is 5.92 Å². The van der Waals surface area contributed by atoms with Crippen LogP contribution in [-0.2, 0) is 11.2 Å². The molecule has 32 heavy (non-hydrogen) atoms. The standard InChI is InChI=1S/C25H34N6O/c1-6-21-26-24(30-13-7-12-29(14-15-30)22(32)16-17(2)3)23-19(5)28-31(25(23)27-21)20-10-8-18(4)9-11-20/h8-11,17H,6-7,12-16H2,1-5H3. The van der Waals surface area contributed by atoms with Gasteiger partial charge in [0, 0.05) is 39.0 Å². The molecule has 0 unspecified atom stereocenters. The first-order chi connectivity index (χ1) is 15.4. The average Bonchev–Trinajstić information content (AvgIpc) is 2.94. The number of amides is 1. The minimum Gasteiger partial charge on any atom is -0.354 e. The number of aryl methyl sites for hydroxylation is 3. The summed E-state index contributed by atoms with van der Waals surface area (Å²) in [6, 6.07) is 8.36. The van der Waals surface area contributed by atoms with Crippen LogP contribution in [0.3, 0.4) is 0 Å². The minimum atomic E-state index is 0.257. The molecule has 1 aromatic carbocycles. The fraction of sp³-hybridized carbons (Fsp3) is 0.520. The second kappa shape index (κ2) is 9.27. The van der Waals surface area contributed by atoms with E-state index in [-0.39, 0.29) is 5.91 Å². The lowest BCUT2D eigenvalue weighted by Crippen LogP contribution is -2.36. The molecule has 7 nitrogen and oxygen atoms in total. The smallest absolute Gasteiger partial charge is 0.222 e. The van der Waals surface area contributed by atoms with Gasteiger partial charge in [-0.15, -0.1) is 0 Å². The molecule has 0 radical (unpaired) electrons. The third-order valence-electron chi connectivity index (χ3n) is 6.06. The number of fused-ring (bicyclic) bond motifs is 1. The Bertz CT molecular complexity index is 1100. The summed E-state index contributed by atoms with van der Waals surface area (Å²) in [5.41, 5.74) is 4.00. The quantitative estimate of drug-likeness (QED) is 0.605. The van der Waals surface area contributed by atoms with E-state index in [1.165, 1.54) is 5.56 Å². The van der Waals surface area contributed by atoms with Gasteiger partial charge in [-0.3, -0.25) is 4.79 Å². The lowest BCUT2D eigenvalue weighted by atomic mass is 10.1. The van der Waals surface area contributed by atoms with Crippen molar-refractivity contribution < 1.29 is 4.79 Å². The minimum absolute atomic E-state index is 0.257. The fourth-order valence-corrected chi connectivity index (χ4v) is 4.32. The van der Waals surface area contributed by atoms with E-state index < -0.39 is 0 Å². The summed E-state index contributed by atoms with van der Waals surface area (Å²) >= 11 is 0. The lowest BCUT2D eigenvalue weighted by molar-refractivity contribution is -0.131. The highest BCUT2D eigenvalue weighted by Crippen LogP contribution is 2.30. The third-order valence-corrected chi connectivity index (χ3v) is 6.06. The van der Waals surface area contributed by atoms with Gasteiger partial charge in [-0.05, 0) is 38.3 Å². The molecule has 0 spiro atoms. The van der Waals surface area contributed by atoms with Crippen molar-refractivity contribution in [2.45, 2.75) is 53.9 Å². The topological polar surface area (TPSA) is 67.2 Å². The van der Waals surface area contributed by atoms with Crippen LogP contribution >= 0.6 is 0 Å². The Morgan fingerprint density at radius 2 is 1.78 bits per heavy atom. The first kappa shape index (κ1) is 22.2. The summed E-state index contributed by atoms with van der Waals surface area (Å²) in [6.45, 7) is 13.6. The molecule has 0 bridgehead atoms. The van der Waals surface area contributed by atoms with Crippen LogP contribution in [0.5, 0.6) is 0 Å². The second-order valence-corrected chi connectivity index (χ2v) is 9.17. The van der Waals surface area contributed by atoms with Gasteiger partial charge in [-0.2, -0.15) is 5.10 Å². The van der Waals surface area contributed by atoms with Crippen LogP contribution in [0.4, 0.5) is 5.82 Å². The SMILES string of the molecule is CCc1nc(N2CCCN(C(=O)CC(C)C)CC2)c2c(C)nn(-c3ccc(C)cc3)c2n1. The number of carbonyl (C=O) groups is 1. The van der Waals surface area contributed by atoms with Gasteiger partial charge in [-0.25, -0.2) is 14.6 Å². The third kappa shape index (κ3) is 4.47. The zero-order chi connectivity index (χ0) is 22.8. The Hall–Kier alpha value is -2.96. The fourth-order valence-electron chi connectivity index (χ4n) is 4.32. The van der Waals surface area contributed by atoms with Gasteiger partial charge < -0.3 is 9.80 Å². The molecule has 3 aromatic rings. The van der Waals surface area contributed by atoms with Crippen LogP contribution in [0, 0.1) is 19.8 Å². The number of carbonyl (C=O) groups excluding carboxylic acids is 1. The molecule has 1 aliphatic heterocycles. The Labute approximate surface area is 190 Å². The van der Waals surface area contributed by atoms with E-state index in [0.717, 1.165) is 73.1 Å². The highest BCUT2D eigenvalue weighted by atomic mass is 16.2. The van der Waals surface area contributed by atoms with Crippen molar-refractivity contribution >= 4 is 22.8 Å². The monoisotopic (exact) mass is 434 g/mol. The molecule has 2 aromatic heterocycles. The Kier molecular flexibility index (Phi) is 6.44. The highest BCUT2D eigenvalue weighted by Gasteiger charge is 2.25. The van der Waals surface area contributed by atoms with Crippen LogP contribution in [-0.4, -0.2) is 56.7 Å². The second-order valence-electron chi connectivity index (χ2n) is 9.17. The molecule has 1 saturated heterocycles. The first-order valence-corrected chi connectivity index (χ1v) is 11.7. The zero-order valence-electron chi connectivity index (χ0n) is 19.9. The summed E-state index contributed by atoms with van der Waals surface area (Å²) < 4.78 is 1.94. The average molecular weight is 435 g/mol. The molecule has 170 valence electrons. The number of hydrogen-bond donors (Lipinski definition) is 0. The van der Waals surface area contributed by atoms with Gasteiger partial charge >= 0.3 is 0 Å². The number of aromatic nitrogens is 4. The maximum absolute atomic E-state index is 12.6. The molecule has 4 rings (SSSR count). The molecular weight excluding hydrogens is 400 g/mol. The number of benzene rings is 1. The van der Waals surface area contributed by atoms with Gasteiger partial charge in [0.25, 0.3) is 0 Å². The van der Waals surface area contributed by atoms with Crippen LogP contribution in [0.15, 0.2) is 24.3 Å². The first-order valence-electron chi connectivity index (χ1n) is 11.7. The molecule has 0 aliphatic carbocycles. The van der Waals surface area contributed by atoms with Crippen LogP contribution in [0.1, 0.15) is 50.7 Å². The predicted octanol–water partition coefficient (Wildman–Crippen LogP) is 4.08. The van der Waals surface area contributed by atoms with Crippen molar-refractivity contribution in [1.82, 2.24) is 24.6 Å². The van der Waals surface area contributed by atoms with E-state index in [9.17, 15) is 4.79 Å². The van der Waals surface area contributed by atoms with Gasteiger partial charge in [0.15, 0.2) is 5.65 Å². The van der Waals surface area contributed by atoms with Gasteiger partial charge in [0.1, 0.15) is 11.6 Å². The van der Waals surface area contributed by atoms with E-state index in [2.05, 4.69) is 56.9 Å². The number of rotatable bonds is 5. The summed E-state index contributed by atoms with van der Waals surface area (Å²) in [5.74, 6) is 2.40. The van der Waals surface area contributed by atoms with Crippen LogP contribution < -0.4 is 4.90 Å². The lowest BCUT2D eigenvalue weighted by Gasteiger charge is -2.24.